The standard InChI is InChI=1S/C19H25N3O4/c1-2-21(12-18(24)25)16-10-14(11-16)20-19(26)13-5-7-15(8-6-13)22-9-3-4-17(22)23/h5-8,14,16H,2-4,9-12H2,1H3,(H,20,26)(H,24,25). The Morgan fingerprint density at radius 3 is 2.50 bits per heavy atom. The van der Waals surface area contributed by atoms with Gasteiger partial charge >= 0.3 is 5.97 Å². The molecule has 2 N–H and O–H groups in total. The molecule has 1 saturated heterocycles. The molecule has 0 unspecified atom stereocenters. The third-order valence-corrected chi connectivity index (χ3v) is 5.22. The van der Waals surface area contributed by atoms with Gasteiger partial charge < -0.3 is 15.3 Å². The highest BCUT2D eigenvalue weighted by Gasteiger charge is 2.34. The number of benzene rings is 1. The van der Waals surface area contributed by atoms with Crippen LogP contribution < -0.4 is 10.2 Å². The average molecular weight is 359 g/mol. The first-order valence-corrected chi connectivity index (χ1v) is 9.15. The second kappa shape index (κ2) is 7.86. The largest absolute Gasteiger partial charge is 0.480 e. The summed E-state index contributed by atoms with van der Waals surface area (Å²) in [7, 11) is 0. The normalized spacial score (nSPS) is 22.4. The molecule has 26 heavy (non-hydrogen) atoms. The second-order valence-electron chi connectivity index (χ2n) is 6.95. The Morgan fingerprint density at radius 2 is 1.96 bits per heavy atom. The monoisotopic (exact) mass is 359 g/mol. The number of carboxylic acids is 1. The molecule has 3 rings (SSSR count). The molecule has 2 aliphatic rings. The zero-order valence-corrected chi connectivity index (χ0v) is 15.0. The number of aliphatic carboxylic acids is 1. The zero-order chi connectivity index (χ0) is 18.7. The third-order valence-electron chi connectivity index (χ3n) is 5.22. The number of carbonyl (C=O) groups is 3. The number of hydrogen-bond acceptors (Lipinski definition) is 4. The molecule has 0 radical (unpaired) electrons. The van der Waals surface area contributed by atoms with Gasteiger partial charge in [0.1, 0.15) is 0 Å². The van der Waals surface area contributed by atoms with Crippen molar-refractivity contribution in [2.45, 2.75) is 44.7 Å². The van der Waals surface area contributed by atoms with E-state index in [-0.39, 0.29) is 30.4 Å². The predicted molar refractivity (Wildman–Crippen MR) is 97.2 cm³/mol. The second-order valence-corrected chi connectivity index (χ2v) is 6.95. The van der Waals surface area contributed by atoms with Gasteiger partial charge in [0.2, 0.25) is 5.91 Å². The Labute approximate surface area is 153 Å². The Bertz CT molecular complexity index is 683. The first-order valence-electron chi connectivity index (χ1n) is 9.15. The van der Waals surface area contributed by atoms with Crippen molar-refractivity contribution in [1.29, 1.82) is 0 Å². The van der Waals surface area contributed by atoms with Crippen LogP contribution in [0.4, 0.5) is 5.69 Å². The molecule has 1 aromatic rings. The number of hydrogen-bond donors (Lipinski definition) is 2. The number of amides is 2. The number of carboxylic acid groups (broad SMARTS) is 1. The molecule has 7 nitrogen and oxygen atoms in total. The van der Waals surface area contributed by atoms with Gasteiger partial charge in [-0.15, -0.1) is 0 Å². The summed E-state index contributed by atoms with van der Waals surface area (Å²) in [6, 6.07) is 7.41. The van der Waals surface area contributed by atoms with E-state index in [1.807, 2.05) is 24.0 Å². The van der Waals surface area contributed by atoms with Crippen LogP contribution in [0.15, 0.2) is 24.3 Å². The highest BCUT2D eigenvalue weighted by atomic mass is 16.4. The quantitative estimate of drug-likeness (QED) is 0.770. The highest BCUT2D eigenvalue weighted by molar-refractivity contribution is 5.97. The first kappa shape index (κ1) is 18.4. The van der Waals surface area contributed by atoms with Crippen LogP contribution in [0.25, 0.3) is 0 Å². The minimum atomic E-state index is -0.823. The lowest BCUT2D eigenvalue weighted by Crippen LogP contribution is -2.54. The van der Waals surface area contributed by atoms with Crippen molar-refractivity contribution in [3.63, 3.8) is 0 Å². The number of rotatable bonds is 7. The zero-order valence-electron chi connectivity index (χ0n) is 15.0. The van der Waals surface area contributed by atoms with Crippen LogP contribution in [-0.4, -0.2) is 59.5 Å². The minimum absolute atomic E-state index is 0.0402. The minimum Gasteiger partial charge on any atom is -0.480 e. The van der Waals surface area contributed by atoms with Crippen molar-refractivity contribution in [2.75, 3.05) is 24.5 Å². The van der Waals surface area contributed by atoms with Crippen LogP contribution in [0.3, 0.4) is 0 Å². The van der Waals surface area contributed by atoms with E-state index >= 15 is 0 Å². The van der Waals surface area contributed by atoms with Crippen LogP contribution in [-0.2, 0) is 9.59 Å². The maximum absolute atomic E-state index is 12.4. The smallest absolute Gasteiger partial charge is 0.317 e. The topological polar surface area (TPSA) is 90.0 Å². The van der Waals surface area contributed by atoms with Crippen molar-refractivity contribution in [3.05, 3.63) is 29.8 Å². The molecular weight excluding hydrogens is 334 g/mol. The molecular formula is C19H25N3O4. The molecule has 140 valence electrons. The summed E-state index contributed by atoms with van der Waals surface area (Å²) in [6.07, 6.45) is 3.00. The molecule has 0 atom stereocenters. The Morgan fingerprint density at radius 1 is 1.27 bits per heavy atom. The van der Waals surface area contributed by atoms with E-state index in [1.54, 1.807) is 17.0 Å². The van der Waals surface area contributed by atoms with Crippen LogP contribution in [0.1, 0.15) is 43.0 Å². The molecule has 0 bridgehead atoms. The van der Waals surface area contributed by atoms with E-state index in [2.05, 4.69) is 5.32 Å². The number of anilines is 1. The summed E-state index contributed by atoms with van der Waals surface area (Å²) in [4.78, 5) is 38.7. The number of carbonyl (C=O) groups excluding carboxylic acids is 2. The van der Waals surface area contributed by atoms with Gasteiger partial charge in [-0.3, -0.25) is 19.3 Å². The number of nitrogens with one attached hydrogen (secondary N) is 1. The lowest BCUT2D eigenvalue weighted by atomic mass is 9.85. The molecule has 1 aliphatic heterocycles. The van der Waals surface area contributed by atoms with Gasteiger partial charge in [0.25, 0.3) is 5.91 Å². The molecule has 0 spiro atoms. The van der Waals surface area contributed by atoms with Crippen molar-refractivity contribution in [3.8, 4) is 0 Å². The van der Waals surface area contributed by atoms with Gasteiger partial charge in [0.05, 0.1) is 6.54 Å². The van der Waals surface area contributed by atoms with E-state index < -0.39 is 5.97 Å². The van der Waals surface area contributed by atoms with E-state index in [9.17, 15) is 14.4 Å². The molecule has 2 fully saturated rings. The SMILES string of the molecule is CCN(CC(=O)O)C1CC(NC(=O)c2ccc(N3CCCC3=O)cc2)C1. The van der Waals surface area contributed by atoms with Crippen LogP contribution in [0.2, 0.25) is 0 Å². The van der Waals surface area contributed by atoms with Gasteiger partial charge in [-0.05, 0) is 50.1 Å². The van der Waals surface area contributed by atoms with E-state index in [0.29, 0.717) is 18.5 Å². The van der Waals surface area contributed by atoms with Gasteiger partial charge in [0, 0.05) is 36.3 Å². The predicted octanol–water partition coefficient (Wildman–Crippen LogP) is 1.48. The fourth-order valence-corrected chi connectivity index (χ4v) is 3.66. The summed E-state index contributed by atoms with van der Waals surface area (Å²) < 4.78 is 0. The molecule has 2 amide bonds. The van der Waals surface area contributed by atoms with Gasteiger partial charge in [-0.2, -0.15) is 0 Å². The van der Waals surface area contributed by atoms with E-state index in [4.69, 9.17) is 5.11 Å². The summed E-state index contributed by atoms with van der Waals surface area (Å²) >= 11 is 0. The van der Waals surface area contributed by atoms with Crippen LogP contribution >= 0.6 is 0 Å². The summed E-state index contributed by atoms with van der Waals surface area (Å²) in [5.41, 5.74) is 1.40. The fourth-order valence-electron chi connectivity index (χ4n) is 3.66. The van der Waals surface area contributed by atoms with Crippen LogP contribution in [0, 0.1) is 0 Å². The Hall–Kier alpha value is -2.41. The first-order chi connectivity index (χ1) is 12.5. The van der Waals surface area contributed by atoms with Gasteiger partial charge in [-0.1, -0.05) is 6.92 Å². The van der Waals surface area contributed by atoms with E-state index in [1.165, 1.54) is 0 Å². The average Bonchev–Trinajstić information content (AvgIpc) is 3.01. The van der Waals surface area contributed by atoms with Gasteiger partial charge in [0.15, 0.2) is 0 Å². The molecule has 1 aliphatic carbocycles. The maximum atomic E-state index is 12.4. The summed E-state index contributed by atoms with van der Waals surface area (Å²) in [6.45, 7) is 3.41. The molecule has 1 saturated carbocycles. The van der Waals surface area contributed by atoms with Crippen molar-refractivity contribution in [2.24, 2.45) is 0 Å². The molecule has 0 aromatic heterocycles. The van der Waals surface area contributed by atoms with Crippen molar-refractivity contribution in [1.82, 2.24) is 10.2 Å². The van der Waals surface area contributed by atoms with Crippen LogP contribution in [0.5, 0.6) is 0 Å². The third kappa shape index (κ3) is 4.04. The molecule has 1 heterocycles. The maximum Gasteiger partial charge on any atom is 0.317 e. The van der Waals surface area contributed by atoms with Crippen molar-refractivity contribution < 1.29 is 19.5 Å². The fraction of sp³-hybridized carbons (Fsp3) is 0.526. The van der Waals surface area contributed by atoms with Crippen molar-refractivity contribution >= 4 is 23.5 Å². The molecule has 7 heteroatoms. The lowest BCUT2D eigenvalue weighted by molar-refractivity contribution is -0.139. The molecule has 1 aromatic carbocycles. The number of nitrogens with zero attached hydrogens (tertiary/aromatic N) is 2. The lowest BCUT2D eigenvalue weighted by Gasteiger charge is -2.42. The number of likely N-dealkylation sites (N-methyl/N-ethyl adjacent to an activating group) is 1. The van der Waals surface area contributed by atoms with Gasteiger partial charge in [-0.25, -0.2) is 0 Å². The van der Waals surface area contributed by atoms with E-state index in [0.717, 1.165) is 31.5 Å². The Kier molecular flexibility index (Phi) is 5.56. The summed E-state index contributed by atoms with van der Waals surface area (Å²) in [5, 5.41) is 11.9. The summed E-state index contributed by atoms with van der Waals surface area (Å²) in [5.74, 6) is -0.825. The Balaban J connectivity index is 1.50. The highest BCUT2D eigenvalue weighted by Crippen LogP contribution is 2.26.